The predicted molar refractivity (Wildman–Crippen MR) is 69.2 cm³/mol. The van der Waals surface area contributed by atoms with Crippen LogP contribution in [0.1, 0.15) is 44.1 Å². The summed E-state index contributed by atoms with van der Waals surface area (Å²) in [5.41, 5.74) is 1.85. The van der Waals surface area contributed by atoms with Crippen LogP contribution in [0.2, 0.25) is 0 Å². The summed E-state index contributed by atoms with van der Waals surface area (Å²) in [5.74, 6) is -0.229. The van der Waals surface area contributed by atoms with Crippen LogP contribution >= 0.6 is 11.3 Å². The van der Waals surface area contributed by atoms with E-state index in [0.29, 0.717) is 12.3 Å². The van der Waals surface area contributed by atoms with Gasteiger partial charge in [-0.2, -0.15) is 0 Å². The molecule has 0 aliphatic carbocycles. The van der Waals surface area contributed by atoms with Gasteiger partial charge in [0.05, 0.1) is 5.51 Å². The Morgan fingerprint density at radius 3 is 2.67 bits per heavy atom. The molecule has 0 saturated heterocycles. The fraction of sp³-hybridized carbons (Fsp3) is 0.583. The summed E-state index contributed by atoms with van der Waals surface area (Å²) in [7, 11) is 0. The first-order chi connectivity index (χ1) is 8.49. The quantitative estimate of drug-likeness (QED) is 0.635. The second kappa shape index (κ2) is 7.10. The van der Waals surface area contributed by atoms with Crippen molar-refractivity contribution in [1.82, 2.24) is 10.3 Å². The van der Waals surface area contributed by atoms with Crippen LogP contribution < -0.4 is 5.32 Å². The fourth-order valence-corrected chi connectivity index (χ4v) is 1.90. The number of amides is 1. The maximum atomic E-state index is 11.7. The highest BCUT2D eigenvalue weighted by Gasteiger charge is 2.18. The molecule has 0 aliphatic rings. The molecule has 0 aliphatic heterocycles. The van der Waals surface area contributed by atoms with Crippen LogP contribution in [-0.2, 0) is 9.53 Å². The smallest absolute Gasteiger partial charge is 0.359 e. The molecule has 1 aromatic heterocycles. The first-order valence-electron chi connectivity index (χ1n) is 5.85. The van der Waals surface area contributed by atoms with Gasteiger partial charge in [-0.1, -0.05) is 13.8 Å². The Labute approximate surface area is 111 Å². The van der Waals surface area contributed by atoms with Gasteiger partial charge in [-0.3, -0.25) is 4.79 Å². The summed E-state index contributed by atoms with van der Waals surface area (Å²) in [6.45, 7) is 5.55. The van der Waals surface area contributed by atoms with Crippen molar-refractivity contribution in [3.63, 3.8) is 0 Å². The van der Waals surface area contributed by atoms with Gasteiger partial charge in [0.15, 0.2) is 11.9 Å². The normalized spacial score (nSPS) is 12.2. The molecule has 1 unspecified atom stereocenters. The maximum absolute atomic E-state index is 11.7. The minimum absolute atomic E-state index is 0.213. The van der Waals surface area contributed by atoms with Gasteiger partial charge in [0.25, 0.3) is 0 Å². The summed E-state index contributed by atoms with van der Waals surface area (Å²) >= 11 is 1.33. The van der Waals surface area contributed by atoms with Crippen LogP contribution in [0.4, 0.5) is 0 Å². The van der Waals surface area contributed by atoms with Crippen molar-refractivity contribution in [1.29, 1.82) is 0 Å². The lowest BCUT2D eigenvalue weighted by molar-refractivity contribution is -0.122. The van der Waals surface area contributed by atoms with Gasteiger partial charge >= 0.3 is 5.97 Å². The van der Waals surface area contributed by atoms with E-state index in [-0.39, 0.29) is 11.6 Å². The minimum Gasteiger partial charge on any atom is -0.437 e. The van der Waals surface area contributed by atoms with Crippen LogP contribution in [0.15, 0.2) is 10.9 Å². The topological polar surface area (TPSA) is 68.3 Å². The summed E-state index contributed by atoms with van der Waals surface area (Å²) < 4.78 is 5.23. The Bertz CT molecular complexity index is 390. The summed E-state index contributed by atoms with van der Waals surface area (Å²) in [5, 5.41) is 4.24. The molecule has 0 fully saturated rings. The van der Waals surface area contributed by atoms with Gasteiger partial charge in [-0.05, 0) is 12.3 Å². The first kappa shape index (κ1) is 14.6. The van der Waals surface area contributed by atoms with Gasteiger partial charge in [-0.25, -0.2) is 9.78 Å². The Morgan fingerprint density at radius 2 is 2.17 bits per heavy atom. The number of esters is 1. The molecule has 1 N–H and O–H groups in total. The molecule has 100 valence electrons. The number of nitrogens with zero attached hydrogens (tertiary/aromatic N) is 1. The number of ether oxygens (including phenoxy) is 1. The fourth-order valence-electron chi connectivity index (χ4n) is 1.37. The van der Waals surface area contributed by atoms with Crippen molar-refractivity contribution in [2.75, 3.05) is 0 Å². The van der Waals surface area contributed by atoms with Crippen LogP contribution in [0, 0.1) is 5.92 Å². The van der Waals surface area contributed by atoms with E-state index in [2.05, 4.69) is 24.1 Å². The number of carbonyl (C=O) groups excluding carboxylic acids is 2. The Balaban J connectivity index is 2.54. The number of nitrogens with one attached hydrogen (secondary N) is 1. The zero-order valence-corrected chi connectivity index (χ0v) is 11.6. The predicted octanol–water partition coefficient (Wildman–Crippen LogP) is 2.20. The highest BCUT2D eigenvalue weighted by molar-refractivity contribution is 7.07. The van der Waals surface area contributed by atoms with Gasteiger partial charge in [0.1, 0.15) is 0 Å². The van der Waals surface area contributed by atoms with E-state index >= 15 is 0 Å². The van der Waals surface area contributed by atoms with E-state index in [9.17, 15) is 9.59 Å². The standard InChI is InChI=1S/C12H18N2O3S/c1-8(2)4-5-11(14-9(3)15)17-12(16)10-6-18-7-13-10/h6-8,11H,4-5H2,1-3H3,(H,14,15). The Kier molecular flexibility index (Phi) is 5.77. The third kappa shape index (κ3) is 5.27. The lowest BCUT2D eigenvalue weighted by Crippen LogP contribution is -2.37. The lowest BCUT2D eigenvalue weighted by atomic mass is 10.1. The van der Waals surface area contributed by atoms with E-state index < -0.39 is 12.2 Å². The molecule has 1 aromatic rings. The number of aromatic nitrogens is 1. The van der Waals surface area contributed by atoms with Crippen molar-refractivity contribution in [3.05, 3.63) is 16.6 Å². The summed E-state index contributed by atoms with van der Waals surface area (Å²) in [6, 6.07) is 0. The zero-order chi connectivity index (χ0) is 13.5. The Morgan fingerprint density at radius 1 is 1.44 bits per heavy atom. The first-order valence-corrected chi connectivity index (χ1v) is 6.79. The zero-order valence-electron chi connectivity index (χ0n) is 10.8. The van der Waals surface area contributed by atoms with Gasteiger partial charge < -0.3 is 10.1 Å². The molecule has 0 radical (unpaired) electrons. The lowest BCUT2D eigenvalue weighted by Gasteiger charge is -2.18. The third-order valence-electron chi connectivity index (χ3n) is 2.26. The number of hydrogen-bond acceptors (Lipinski definition) is 5. The van der Waals surface area contributed by atoms with Crippen LogP contribution in [0.25, 0.3) is 0 Å². The molecule has 1 rings (SSSR count). The number of carbonyl (C=O) groups is 2. The van der Waals surface area contributed by atoms with Crippen molar-refractivity contribution in [2.45, 2.75) is 39.8 Å². The van der Waals surface area contributed by atoms with E-state index in [0.717, 1.165) is 6.42 Å². The second-order valence-corrected chi connectivity index (χ2v) is 5.16. The van der Waals surface area contributed by atoms with Crippen molar-refractivity contribution in [3.8, 4) is 0 Å². The molecular weight excluding hydrogens is 252 g/mol. The van der Waals surface area contributed by atoms with Crippen molar-refractivity contribution < 1.29 is 14.3 Å². The van der Waals surface area contributed by atoms with E-state index in [1.807, 2.05) is 0 Å². The minimum atomic E-state index is -0.584. The summed E-state index contributed by atoms with van der Waals surface area (Å²) in [6.07, 6.45) is 0.890. The molecular formula is C12H18N2O3S. The maximum Gasteiger partial charge on any atom is 0.359 e. The molecule has 1 heterocycles. The highest BCUT2D eigenvalue weighted by Crippen LogP contribution is 2.10. The molecule has 18 heavy (non-hydrogen) atoms. The summed E-state index contributed by atoms with van der Waals surface area (Å²) in [4.78, 5) is 26.6. The molecule has 1 atom stereocenters. The molecule has 0 saturated carbocycles. The average molecular weight is 270 g/mol. The van der Waals surface area contributed by atoms with Crippen LogP contribution in [0.3, 0.4) is 0 Å². The van der Waals surface area contributed by atoms with Crippen molar-refractivity contribution in [2.24, 2.45) is 5.92 Å². The number of hydrogen-bond donors (Lipinski definition) is 1. The van der Waals surface area contributed by atoms with Gasteiger partial charge in [0.2, 0.25) is 5.91 Å². The van der Waals surface area contributed by atoms with E-state index in [1.165, 1.54) is 18.3 Å². The van der Waals surface area contributed by atoms with Crippen molar-refractivity contribution >= 4 is 23.2 Å². The number of thiazole rings is 1. The van der Waals surface area contributed by atoms with Gasteiger partial charge in [-0.15, -0.1) is 11.3 Å². The molecule has 6 heteroatoms. The second-order valence-electron chi connectivity index (χ2n) is 4.44. The molecule has 1 amide bonds. The van der Waals surface area contributed by atoms with E-state index in [4.69, 9.17) is 4.74 Å². The largest absolute Gasteiger partial charge is 0.437 e. The molecule has 0 bridgehead atoms. The SMILES string of the molecule is CC(=O)NC(CCC(C)C)OC(=O)c1cscn1. The number of rotatable bonds is 6. The third-order valence-corrected chi connectivity index (χ3v) is 2.85. The van der Waals surface area contributed by atoms with Crippen LogP contribution in [0.5, 0.6) is 0 Å². The Hall–Kier alpha value is -1.43. The highest BCUT2D eigenvalue weighted by atomic mass is 32.1. The molecule has 0 aromatic carbocycles. The van der Waals surface area contributed by atoms with Crippen LogP contribution in [-0.4, -0.2) is 23.1 Å². The molecule has 0 spiro atoms. The monoisotopic (exact) mass is 270 g/mol. The molecule has 5 nitrogen and oxygen atoms in total. The van der Waals surface area contributed by atoms with Gasteiger partial charge in [0, 0.05) is 18.7 Å². The van der Waals surface area contributed by atoms with E-state index in [1.54, 1.807) is 10.9 Å². The average Bonchev–Trinajstić information content (AvgIpc) is 2.78.